The Morgan fingerprint density at radius 3 is 2.67 bits per heavy atom. The highest BCUT2D eigenvalue weighted by molar-refractivity contribution is 5.40. The second-order valence-corrected chi connectivity index (χ2v) is 4.38. The van der Waals surface area contributed by atoms with Gasteiger partial charge in [0.2, 0.25) is 5.75 Å². The third-order valence-corrected chi connectivity index (χ3v) is 2.66. The quantitative estimate of drug-likeness (QED) is 0.663. The molecule has 1 N–H and O–H groups in total. The second-order valence-electron chi connectivity index (χ2n) is 4.38. The zero-order chi connectivity index (χ0) is 15.4. The number of nitro groups is 1. The number of rotatable bonds is 5. The zero-order valence-corrected chi connectivity index (χ0v) is 12.0. The monoisotopic (exact) mass is 289 g/mol. The largest absolute Gasteiger partial charge is 0.477 e. The fourth-order valence-electron chi connectivity index (χ4n) is 1.74. The van der Waals surface area contributed by atoms with E-state index in [0.717, 1.165) is 5.69 Å². The number of ether oxygens (including phenoxy) is 1. The summed E-state index contributed by atoms with van der Waals surface area (Å²) in [5.74, 6) is 0.894. The first-order valence-electron chi connectivity index (χ1n) is 6.26. The summed E-state index contributed by atoms with van der Waals surface area (Å²) in [5.41, 5.74) is 1.34. The lowest BCUT2D eigenvalue weighted by atomic mass is 10.3. The third-order valence-electron chi connectivity index (χ3n) is 2.66. The first kappa shape index (κ1) is 14.6. The first-order chi connectivity index (χ1) is 9.99. The maximum atomic E-state index is 11.0. The Bertz CT molecular complexity index is 675. The minimum Gasteiger partial charge on any atom is -0.477 e. The number of pyridine rings is 1. The van der Waals surface area contributed by atoms with E-state index in [1.807, 2.05) is 6.92 Å². The average molecular weight is 289 g/mol. The van der Waals surface area contributed by atoms with Crippen molar-refractivity contribution in [1.29, 1.82) is 0 Å². The molecule has 21 heavy (non-hydrogen) atoms. The summed E-state index contributed by atoms with van der Waals surface area (Å²) in [4.78, 5) is 22.7. The molecule has 2 rings (SSSR count). The van der Waals surface area contributed by atoms with E-state index in [1.54, 1.807) is 26.1 Å². The van der Waals surface area contributed by atoms with Crippen molar-refractivity contribution in [3.63, 3.8) is 0 Å². The van der Waals surface area contributed by atoms with Gasteiger partial charge in [0.1, 0.15) is 18.1 Å². The highest BCUT2D eigenvalue weighted by Gasteiger charge is 2.18. The number of nitrogens with one attached hydrogen (secondary N) is 1. The van der Waals surface area contributed by atoms with Crippen LogP contribution >= 0.6 is 0 Å². The molecule has 0 atom stereocenters. The van der Waals surface area contributed by atoms with Crippen molar-refractivity contribution in [2.45, 2.75) is 20.5 Å². The van der Waals surface area contributed by atoms with Crippen LogP contribution in [-0.2, 0) is 6.61 Å². The van der Waals surface area contributed by atoms with Crippen molar-refractivity contribution < 1.29 is 9.66 Å². The summed E-state index contributed by atoms with van der Waals surface area (Å²) < 4.78 is 5.44. The van der Waals surface area contributed by atoms with Crippen molar-refractivity contribution in [2.75, 3.05) is 12.4 Å². The molecule has 0 spiro atoms. The number of hydrogen-bond donors (Lipinski definition) is 1. The number of nitrogens with zero attached hydrogens (tertiary/aromatic N) is 4. The molecule has 110 valence electrons. The van der Waals surface area contributed by atoms with Gasteiger partial charge in [0.05, 0.1) is 0 Å². The van der Waals surface area contributed by atoms with Crippen LogP contribution in [0.15, 0.2) is 18.2 Å². The molecule has 2 heterocycles. The summed E-state index contributed by atoms with van der Waals surface area (Å²) in [6.45, 7) is 3.55. The number of aromatic nitrogens is 3. The molecule has 0 aliphatic rings. The Balaban J connectivity index is 2.20. The van der Waals surface area contributed by atoms with E-state index in [2.05, 4.69) is 20.3 Å². The Morgan fingerprint density at radius 1 is 1.24 bits per heavy atom. The first-order valence-corrected chi connectivity index (χ1v) is 6.26. The van der Waals surface area contributed by atoms with Crippen molar-refractivity contribution >= 4 is 11.6 Å². The number of aryl methyl sites for hydroxylation is 2. The Morgan fingerprint density at radius 2 is 2.00 bits per heavy atom. The molecular weight excluding hydrogens is 274 g/mol. The van der Waals surface area contributed by atoms with E-state index in [4.69, 9.17) is 4.74 Å². The predicted molar refractivity (Wildman–Crippen MR) is 76.3 cm³/mol. The van der Waals surface area contributed by atoms with Gasteiger partial charge in [-0.05, 0) is 29.0 Å². The van der Waals surface area contributed by atoms with Gasteiger partial charge >= 0.3 is 5.82 Å². The van der Waals surface area contributed by atoms with E-state index < -0.39 is 4.92 Å². The third kappa shape index (κ3) is 3.62. The van der Waals surface area contributed by atoms with Gasteiger partial charge in [-0.15, -0.1) is 0 Å². The second kappa shape index (κ2) is 6.12. The van der Waals surface area contributed by atoms with Crippen LogP contribution < -0.4 is 10.1 Å². The van der Waals surface area contributed by atoms with Gasteiger partial charge in [-0.25, -0.2) is 9.97 Å². The van der Waals surface area contributed by atoms with E-state index in [1.165, 1.54) is 6.07 Å². The van der Waals surface area contributed by atoms with Crippen LogP contribution in [0.3, 0.4) is 0 Å². The summed E-state index contributed by atoms with van der Waals surface area (Å²) in [6.07, 6.45) is 0. The van der Waals surface area contributed by atoms with Crippen molar-refractivity contribution in [3.05, 3.63) is 45.5 Å². The molecule has 2 aromatic rings. The molecule has 8 nitrogen and oxygen atoms in total. The van der Waals surface area contributed by atoms with Crippen LogP contribution in [0.2, 0.25) is 0 Å². The van der Waals surface area contributed by atoms with Gasteiger partial charge in [-0.2, -0.15) is 0 Å². The molecule has 0 radical (unpaired) electrons. The molecule has 2 aromatic heterocycles. The number of anilines is 1. The van der Waals surface area contributed by atoms with Crippen molar-refractivity contribution in [3.8, 4) is 5.75 Å². The average Bonchev–Trinajstić information content (AvgIpc) is 2.45. The van der Waals surface area contributed by atoms with Gasteiger partial charge < -0.3 is 20.2 Å². The Labute approximate surface area is 121 Å². The fraction of sp³-hybridized carbons (Fsp3) is 0.308. The van der Waals surface area contributed by atoms with Gasteiger partial charge in [-0.3, -0.25) is 0 Å². The van der Waals surface area contributed by atoms with Gasteiger partial charge in [0.25, 0.3) is 0 Å². The highest BCUT2D eigenvalue weighted by Crippen LogP contribution is 2.25. The SMILES string of the molecule is CNc1cc(C)nc(COc2ccc(C)nc2[N+](=O)[O-])n1. The van der Waals surface area contributed by atoms with E-state index in [0.29, 0.717) is 17.3 Å². The van der Waals surface area contributed by atoms with Crippen LogP contribution in [-0.4, -0.2) is 26.9 Å². The lowest BCUT2D eigenvalue weighted by Crippen LogP contribution is -2.07. The molecule has 0 aliphatic heterocycles. The lowest BCUT2D eigenvalue weighted by Gasteiger charge is -2.08. The summed E-state index contributed by atoms with van der Waals surface area (Å²) >= 11 is 0. The molecule has 8 heteroatoms. The molecule has 0 saturated heterocycles. The number of hydrogen-bond acceptors (Lipinski definition) is 7. The molecule has 0 amide bonds. The van der Waals surface area contributed by atoms with Crippen LogP contribution in [0.25, 0.3) is 0 Å². The van der Waals surface area contributed by atoms with Crippen molar-refractivity contribution in [2.24, 2.45) is 0 Å². The molecule has 0 unspecified atom stereocenters. The van der Waals surface area contributed by atoms with E-state index in [-0.39, 0.29) is 18.2 Å². The molecular formula is C13H15N5O3. The van der Waals surface area contributed by atoms with Crippen LogP contribution in [0, 0.1) is 24.0 Å². The molecule has 0 saturated carbocycles. The van der Waals surface area contributed by atoms with Gasteiger partial charge in [0.15, 0.2) is 5.82 Å². The highest BCUT2D eigenvalue weighted by atomic mass is 16.6. The molecule has 0 aromatic carbocycles. The predicted octanol–water partition coefficient (Wildman–Crippen LogP) is 2.02. The van der Waals surface area contributed by atoms with E-state index in [9.17, 15) is 10.1 Å². The minimum atomic E-state index is -0.571. The fourth-order valence-corrected chi connectivity index (χ4v) is 1.74. The van der Waals surface area contributed by atoms with Crippen LogP contribution in [0.4, 0.5) is 11.6 Å². The van der Waals surface area contributed by atoms with Gasteiger partial charge in [0, 0.05) is 25.7 Å². The molecule has 0 aliphatic carbocycles. The topological polar surface area (TPSA) is 103 Å². The summed E-state index contributed by atoms with van der Waals surface area (Å²) in [5, 5.41) is 13.9. The Hall–Kier alpha value is -2.77. The normalized spacial score (nSPS) is 10.2. The smallest absolute Gasteiger partial charge is 0.406 e. The maximum Gasteiger partial charge on any atom is 0.406 e. The van der Waals surface area contributed by atoms with Crippen molar-refractivity contribution in [1.82, 2.24) is 15.0 Å². The van der Waals surface area contributed by atoms with Gasteiger partial charge in [-0.1, -0.05) is 0 Å². The van der Waals surface area contributed by atoms with Crippen LogP contribution in [0.1, 0.15) is 17.2 Å². The minimum absolute atomic E-state index is 0.0297. The Kier molecular flexibility index (Phi) is 4.27. The summed E-state index contributed by atoms with van der Waals surface area (Å²) in [6, 6.07) is 4.97. The van der Waals surface area contributed by atoms with E-state index >= 15 is 0 Å². The standard InChI is InChI=1S/C13H15N5O3/c1-8-4-5-10(13(16-8)18(19)20)21-7-12-15-9(2)6-11(14-3)17-12/h4-6H,7H2,1-3H3,(H,14,15,17). The zero-order valence-electron chi connectivity index (χ0n) is 12.0. The molecule has 0 bridgehead atoms. The lowest BCUT2D eigenvalue weighted by molar-refractivity contribution is -0.390. The summed E-state index contributed by atoms with van der Waals surface area (Å²) in [7, 11) is 1.75. The molecule has 0 fully saturated rings. The van der Waals surface area contributed by atoms with Crippen LogP contribution in [0.5, 0.6) is 5.75 Å². The maximum absolute atomic E-state index is 11.0.